The number of aryl methyl sites for hydroxylation is 2. The molecule has 0 aliphatic heterocycles. The summed E-state index contributed by atoms with van der Waals surface area (Å²) >= 11 is 11.7. The van der Waals surface area contributed by atoms with Gasteiger partial charge in [-0.25, -0.2) is 8.42 Å². The van der Waals surface area contributed by atoms with Crippen LogP contribution in [0.1, 0.15) is 21.5 Å². The average Bonchev–Trinajstić information content (AvgIpc) is 2.71. The summed E-state index contributed by atoms with van der Waals surface area (Å²) in [5.41, 5.74) is 0.691. The highest BCUT2D eigenvalue weighted by molar-refractivity contribution is 7.93. The van der Waals surface area contributed by atoms with Gasteiger partial charge in [0.25, 0.3) is 21.6 Å². The molecule has 1 amide bonds. The van der Waals surface area contributed by atoms with Crippen molar-refractivity contribution in [1.29, 1.82) is 0 Å². The molecule has 0 radical (unpaired) electrons. The van der Waals surface area contributed by atoms with Crippen molar-refractivity contribution in [2.24, 2.45) is 0 Å². The highest BCUT2D eigenvalue weighted by Crippen LogP contribution is 2.32. The van der Waals surface area contributed by atoms with Crippen molar-refractivity contribution in [3.8, 4) is 0 Å². The molecule has 0 spiro atoms. The van der Waals surface area contributed by atoms with Crippen LogP contribution in [0, 0.1) is 24.0 Å². The van der Waals surface area contributed by atoms with Crippen molar-refractivity contribution in [1.82, 2.24) is 0 Å². The minimum absolute atomic E-state index is 0.137. The molecule has 0 aliphatic carbocycles. The van der Waals surface area contributed by atoms with Crippen molar-refractivity contribution in [3.63, 3.8) is 0 Å². The Morgan fingerprint density at radius 2 is 1.61 bits per heavy atom. The summed E-state index contributed by atoms with van der Waals surface area (Å²) < 4.78 is 27.7. The van der Waals surface area contributed by atoms with E-state index < -0.39 is 26.5 Å². The maximum absolute atomic E-state index is 13.5. The number of hydrogen-bond donors (Lipinski definition) is 0. The number of nitro groups is 1. The second-order valence-corrected chi connectivity index (χ2v) is 9.37. The molecule has 0 N–H and O–H groups in total. The van der Waals surface area contributed by atoms with Crippen LogP contribution < -0.4 is 4.31 Å². The summed E-state index contributed by atoms with van der Waals surface area (Å²) in [4.78, 5) is 23.8. The van der Waals surface area contributed by atoms with Crippen LogP contribution in [0.3, 0.4) is 0 Å². The van der Waals surface area contributed by atoms with Crippen molar-refractivity contribution in [2.75, 3.05) is 4.31 Å². The predicted octanol–water partition coefficient (Wildman–Crippen LogP) is 5.55. The SMILES string of the molecule is Cc1ccc(C)c(N(C(=O)c2ccc(Cl)c([N+](=O)[O-])c2)S(=O)(=O)c2ccc(Cl)cc2)c1. The molecular weight excluding hydrogens is 463 g/mol. The molecule has 3 aromatic rings. The summed E-state index contributed by atoms with van der Waals surface area (Å²) in [5.74, 6) is -0.955. The van der Waals surface area contributed by atoms with E-state index in [0.29, 0.717) is 14.9 Å². The number of nitro benzene ring substituents is 1. The largest absolute Gasteiger partial charge is 0.288 e. The molecule has 0 aliphatic rings. The second kappa shape index (κ2) is 8.66. The van der Waals surface area contributed by atoms with Gasteiger partial charge in [0.1, 0.15) is 5.02 Å². The molecule has 31 heavy (non-hydrogen) atoms. The predicted molar refractivity (Wildman–Crippen MR) is 119 cm³/mol. The van der Waals surface area contributed by atoms with Gasteiger partial charge in [-0.2, -0.15) is 4.31 Å². The summed E-state index contributed by atoms with van der Waals surface area (Å²) in [6.07, 6.45) is 0. The van der Waals surface area contributed by atoms with Gasteiger partial charge in [-0.3, -0.25) is 14.9 Å². The van der Waals surface area contributed by atoms with Gasteiger partial charge in [-0.05, 0) is 67.4 Å². The first kappa shape index (κ1) is 22.7. The van der Waals surface area contributed by atoms with Crippen molar-refractivity contribution in [2.45, 2.75) is 18.7 Å². The number of carbonyl (C=O) groups is 1. The molecule has 3 rings (SSSR count). The topological polar surface area (TPSA) is 97.6 Å². The van der Waals surface area contributed by atoms with Crippen LogP contribution >= 0.6 is 23.2 Å². The fourth-order valence-corrected chi connectivity index (χ4v) is 4.68. The van der Waals surface area contributed by atoms with Crippen molar-refractivity contribution >= 4 is 50.5 Å². The number of carbonyl (C=O) groups excluding carboxylic acids is 1. The summed E-state index contributed by atoms with van der Waals surface area (Å²) in [6.45, 7) is 3.42. The standard InChI is InChI=1S/C21H16Cl2N2O5S/c1-13-3-4-14(2)19(11-13)24(31(29,30)17-8-6-16(22)7-9-17)21(26)15-5-10-18(23)20(12-15)25(27)28/h3-12H,1-2H3. The first-order chi connectivity index (χ1) is 14.5. The monoisotopic (exact) mass is 478 g/mol. The van der Waals surface area contributed by atoms with E-state index in [0.717, 1.165) is 11.6 Å². The lowest BCUT2D eigenvalue weighted by molar-refractivity contribution is -0.384. The van der Waals surface area contributed by atoms with E-state index in [-0.39, 0.29) is 21.2 Å². The van der Waals surface area contributed by atoms with Crippen LogP contribution in [-0.2, 0) is 10.0 Å². The van der Waals surface area contributed by atoms with Gasteiger partial charge in [0.15, 0.2) is 0 Å². The van der Waals surface area contributed by atoms with Crippen LogP contribution in [0.5, 0.6) is 0 Å². The lowest BCUT2D eigenvalue weighted by atomic mass is 10.1. The molecule has 10 heteroatoms. The average molecular weight is 479 g/mol. The zero-order valence-corrected chi connectivity index (χ0v) is 18.7. The van der Waals surface area contributed by atoms with Crippen LogP contribution in [0.15, 0.2) is 65.6 Å². The third-order valence-corrected chi connectivity index (χ3v) is 6.79. The third-order valence-electron chi connectivity index (χ3n) is 4.51. The number of hydrogen-bond acceptors (Lipinski definition) is 5. The fraction of sp³-hybridized carbons (Fsp3) is 0.0952. The normalized spacial score (nSPS) is 11.2. The number of halogens is 2. The number of amides is 1. The molecule has 0 aromatic heterocycles. The van der Waals surface area contributed by atoms with E-state index in [1.165, 1.54) is 36.4 Å². The zero-order chi connectivity index (χ0) is 22.9. The number of anilines is 1. The van der Waals surface area contributed by atoms with E-state index in [1.54, 1.807) is 32.0 Å². The van der Waals surface area contributed by atoms with E-state index >= 15 is 0 Å². The van der Waals surface area contributed by atoms with Gasteiger partial charge in [0.2, 0.25) is 0 Å². The molecule has 7 nitrogen and oxygen atoms in total. The first-order valence-electron chi connectivity index (χ1n) is 8.89. The Kier molecular flexibility index (Phi) is 6.35. The van der Waals surface area contributed by atoms with E-state index in [2.05, 4.69) is 0 Å². The number of sulfonamides is 1. The summed E-state index contributed by atoms with van der Waals surface area (Å²) in [7, 11) is -4.38. The van der Waals surface area contributed by atoms with Crippen molar-refractivity contribution in [3.05, 3.63) is 97.5 Å². The highest BCUT2D eigenvalue weighted by Gasteiger charge is 2.34. The van der Waals surface area contributed by atoms with Crippen LogP contribution in [0.25, 0.3) is 0 Å². The molecule has 0 atom stereocenters. The minimum Gasteiger partial charge on any atom is -0.268 e. The molecule has 0 heterocycles. The van der Waals surface area contributed by atoms with Crippen LogP contribution in [0.4, 0.5) is 11.4 Å². The Balaban J connectivity index is 2.25. The Bertz CT molecular complexity index is 1290. The number of benzene rings is 3. The highest BCUT2D eigenvalue weighted by atomic mass is 35.5. The first-order valence-corrected chi connectivity index (χ1v) is 11.1. The molecular formula is C21H16Cl2N2O5S. The Hall–Kier alpha value is -2.94. The van der Waals surface area contributed by atoms with Crippen LogP contribution in [0.2, 0.25) is 10.0 Å². The van der Waals surface area contributed by atoms with E-state index in [9.17, 15) is 23.3 Å². The van der Waals surface area contributed by atoms with Gasteiger partial charge >= 0.3 is 0 Å². The zero-order valence-electron chi connectivity index (χ0n) is 16.4. The molecule has 0 bridgehead atoms. The molecule has 0 fully saturated rings. The molecule has 3 aromatic carbocycles. The second-order valence-electron chi connectivity index (χ2n) is 6.74. The van der Waals surface area contributed by atoms with Gasteiger partial charge in [-0.1, -0.05) is 35.3 Å². The maximum Gasteiger partial charge on any atom is 0.288 e. The molecule has 0 unspecified atom stereocenters. The van der Waals surface area contributed by atoms with Crippen molar-refractivity contribution < 1.29 is 18.1 Å². The van der Waals surface area contributed by atoms with E-state index in [1.807, 2.05) is 0 Å². The van der Waals surface area contributed by atoms with Gasteiger partial charge in [-0.15, -0.1) is 0 Å². The third kappa shape index (κ3) is 4.56. The summed E-state index contributed by atoms with van der Waals surface area (Å²) in [6, 6.07) is 13.8. The Morgan fingerprint density at radius 3 is 2.23 bits per heavy atom. The Morgan fingerprint density at radius 1 is 0.968 bits per heavy atom. The minimum atomic E-state index is -4.38. The molecule has 160 valence electrons. The smallest absolute Gasteiger partial charge is 0.268 e. The number of rotatable bonds is 5. The Labute approximate surface area is 189 Å². The van der Waals surface area contributed by atoms with E-state index in [4.69, 9.17) is 23.2 Å². The molecule has 0 saturated carbocycles. The van der Waals surface area contributed by atoms with Crippen LogP contribution in [-0.4, -0.2) is 19.2 Å². The molecule has 0 saturated heterocycles. The maximum atomic E-state index is 13.5. The lowest BCUT2D eigenvalue weighted by Crippen LogP contribution is -2.37. The number of nitrogens with zero attached hydrogens (tertiary/aromatic N) is 2. The van der Waals surface area contributed by atoms with Gasteiger partial charge in [0.05, 0.1) is 15.5 Å². The van der Waals surface area contributed by atoms with Gasteiger partial charge in [0, 0.05) is 16.7 Å². The van der Waals surface area contributed by atoms with Gasteiger partial charge < -0.3 is 0 Å². The fourth-order valence-electron chi connectivity index (χ4n) is 2.90. The lowest BCUT2D eigenvalue weighted by Gasteiger charge is -2.25. The quantitative estimate of drug-likeness (QED) is 0.353. The summed E-state index contributed by atoms with van der Waals surface area (Å²) in [5, 5.41) is 11.4.